The zero-order valence-corrected chi connectivity index (χ0v) is 9.75. The molecule has 114 valence electrons. The number of carboxylic acid groups (broad SMARTS) is 1. The molecule has 0 fully saturated rings. The molecule has 0 bridgehead atoms. The molecule has 0 spiro atoms. The van der Waals surface area contributed by atoms with Gasteiger partial charge in [-0.15, -0.1) is 0 Å². The van der Waals surface area contributed by atoms with Crippen LogP contribution in [0, 0.1) is 0 Å². The molecule has 1 aromatic heterocycles. The molecule has 0 aliphatic heterocycles. The second-order valence-corrected chi connectivity index (χ2v) is 3.79. The average Bonchev–Trinajstić information content (AvgIpc) is 2.67. The first-order chi connectivity index (χ1) is 9.00. The van der Waals surface area contributed by atoms with Crippen molar-refractivity contribution < 1.29 is 41.0 Å². The third kappa shape index (κ3) is 4.76. The Balaban J connectivity index is 2.71. The number of carboxylic acids is 1. The quantitative estimate of drug-likeness (QED) is 0.672. The predicted molar refractivity (Wildman–Crippen MR) is 53.3 cm³/mol. The summed E-state index contributed by atoms with van der Waals surface area (Å²) >= 11 is 0. The number of alkyl halides is 6. The highest BCUT2D eigenvalue weighted by atomic mass is 19.4. The smallest absolute Gasteiger partial charge is 0.418 e. The van der Waals surface area contributed by atoms with E-state index in [4.69, 9.17) is 5.11 Å². The maximum atomic E-state index is 12.5. The van der Waals surface area contributed by atoms with Crippen molar-refractivity contribution in [2.24, 2.45) is 0 Å². The van der Waals surface area contributed by atoms with Crippen LogP contribution in [0.5, 0.6) is 0 Å². The zero-order valence-electron chi connectivity index (χ0n) is 9.75. The summed E-state index contributed by atoms with van der Waals surface area (Å²) in [7, 11) is 0. The van der Waals surface area contributed by atoms with Crippen LogP contribution in [0.2, 0.25) is 0 Å². The highest BCUT2D eigenvalue weighted by Crippen LogP contribution is 2.32. The van der Waals surface area contributed by atoms with E-state index < -0.39 is 42.7 Å². The van der Waals surface area contributed by atoms with Crippen molar-refractivity contribution in [3.63, 3.8) is 0 Å². The van der Waals surface area contributed by atoms with Crippen molar-refractivity contribution in [1.29, 1.82) is 0 Å². The molecule has 20 heavy (non-hydrogen) atoms. The van der Waals surface area contributed by atoms with Crippen LogP contribution >= 0.6 is 0 Å². The summed E-state index contributed by atoms with van der Waals surface area (Å²) in [4.78, 5) is 10.6. The molecular weight excluding hydrogens is 296 g/mol. The number of hydrogen-bond acceptors (Lipinski definition) is 2. The van der Waals surface area contributed by atoms with Gasteiger partial charge < -0.3 is 14.4 Å². The number of carbonyl (C=O) groups is 1. The maximum absolute atomic E-state index is 12.5. The third-order valence-corrected chi connectivity index (χ3v) is 2.18. The second-order valence-electron chi connectivity index (χ2n) is 3.79. The first kappa shape index (κ1) is 16.3. The van der Waals surface area contributed by atoms with Crippen LogP contribution in [0.4, 0.5) is 26.3 Å². The first-order valence-electron chi connectivity index (χ1n) is 5.15. The Kier molecular flexibility index (Phi) is 4.69. The van der Waals surface area contributed by atoms with Gasteiger partial charge in [-0.3, -0.25) is 0 Å². The molecule has 1 rings (SSSR count). The van der Waals surface area contributed by atoms with Gasteiger partial charge in [0, 0.05) is 18.9 Å². The maximum Gasteiger partial charge on any atom is 0.418 e. The third-order valence-electron chi connectivity index (χ3n) is 2.18. The summed E-state index contributed by atoms with van der Waals surface area (Å²) in [6.45, 7) is -2.34. The van der Waals surface area contributed by atoms with E-state index in [-0.39, 0.29) is 6.54 Å². The number of aromatic carboxylic acids is 1. The van der Waals surface area contributed by atoms with Gasteiger partial charge in [0.15, 0.2) is 0 Å². The van der Waals surface area contributed by atoms with E-state index in [1.165, 1.54) is 0 Å². The van der Waals surface area contributed by atoms with Gasteiger partial charge in [-0.1, -0.05) is 0 Å². The fourth-order valence-electron chi connectivity index (χ4n) is 1.39. The van der Waals surface area contributed by atoms with Gasteiger partial charge in [-0.25, -0.2) is 4.79 Å². The molecule has 0 atom stereocenters. The van der Waals surface area contributed by atoms with E-state index >= 15 is 0 Å². The Labute approximate surface area is 108 Å². The van der Waals surface area contributed by atoms with Gasteiger partial charge in [0.1, 0.15) is 6.61 Å². The summed E-state index contributed by atoms with van der Waals surface area (Å²) in [6.07, 6.45) is -8.17. The first-order valence-corrected chi connectivity index (χ1v) is 5.15. The van der Waals surface area contributed by atoms with Gasteiger partial charge in [0.25, 0.3) is 0 Å². The molecule has 0 aliphatic carbocycles. The van der Waals surface area contributed by atoms with Gasteiger partial charge in [0.2, 0.25) is 0 Å². The molecule has 1 heterocycles. The fraction of sp³-hybridized carbons (Fsp3) is 0.500. The van der Waals surface area contributed by atoms with E-state index in [0.29, 0.717) is 12.4 Å². The molecule has 0 radical (unpaired) electrons. The van der Waals surface area contributed by atoms with Crippen molar-refractivity contribution in [3.05, 3.63) is 23.5 Å². The summed E-state index contributed by atoms with van der Waals surface area (Å²) in [5, 5.41) is 8.63. The molecule has 10 heteroatoms. The summed E-state index contributed by atoms with van der Waals surface area (Å²) in [6, 6.07) is 0. The van der Waals surface area contributed by atoms with Gasteiger partial charge >= 0.3 is 18.3 Å². The number of nitrogens with zero attached hydrogens (tertiary/aromatic N) is 1. The van der Waals surface area contributed by atoms with E-state index in [1.807, 2.05) is 0 Å². The lowest BCUT2D eigenvalue weighted by Gasteiger charge is -2.08. The van der Waals surface area contributed by atoms with Crippen LogP contribution in [0.1, 0.15) is 15.9 Å². The molecule has 0 saturated carbocycles. The topological polar surface area (TPSA) is 51.5 Å². The number of aromatic nitrogens is 1. The summed E-state index contributed by atoms with van der Waals surface area (Å²) in [5.41, 5.74) is -2.32. The van der Waals surface area contributed by atoms with Crippen LogP contribution in [0.3, 0.4) is 0 Å². The minimum absolute atomic E-state index is 0.327. The monoisotopic (exact) mass is 305 g/mol. The molecule has 0 aliphatic rings. The predicted octanol–water partition coefficient (Wildman–Crippen LogP) is 2.78. The van der Waals surface area contributed by atoms with Crippen LogP contribution in [0.25, 0.3) is 0 Å². The number of hydrogen-bond donors (Lipinski definition) is 1. The Morgan fingerprint density at radius 3 is 2.20 bits per heavy atom. The van der Waals surface area contributed by atoms with Crippen LogP contribution in [-0.4, -0.2) is 35.0 Å². The fourth-order valence-corrected chi connectivity index (χ4v) is 1.39. The molecule has 1 aromatic rings. The number of halogens is 6. The lowest BCUT2D eigenvalue weighted by molar-refractivity contribution is -0.174. The minimum Gasteiger partial charge on any atom is -0.478 e. The van der Waals surface area contributed by atoms with Crippen molar-refractivity contribution in [1.82, 2.24) is 4.57 Å². The standard InChI is InChI=1S/C10H9F6NO3/c11-9(12,13)5-20-2-1-17-3-6(8(18)19)7(4-17)10(14,15)16/h3-4H,1-2,5H2,(H,18,19). The summed E-state index contributed by atoms with van der Waals surface area (Å²) in [5.74, 6) is -1.77. The largest absolute Gasteiger partial charge is 0.478 e. The molecule has 4 nitrogen and oxygen atoms in total. The average molecular weight is 305 g/mol. The Hall–Kier alpha value is -1.71. The number of ether oxygens (including phenoxy) is 1. The van der Waals surface area contributed by atoms with E-state index in [1.54, 1.807) is 0 Å². The highest BCUT2D eigenvalue weighted by molar-refractivity contribution is 5.89. The van der Waals surface area contributed by atoms with Crippen molar-refractivity contribution in [2.75, 3.05) is 13.2 Å². The lowest BCUT2D eigenvalue weighted by atomic mass is 10.2. The molecule has 0 saturated heterocycles. The van der Waals surface area contributed by atoms with Crippen molar-refractivity contribution in [3.8, 4) is 0 Å². The molecule has 0 aromatic carbocycles. The SMILES string of the molecule is O=C(O)c1cn(CCOCC(F)(F)F)cc1C(F)(F)F. The Bertz CT molecular complexity index is 476. The molecule has 1 N–H and O–H groups in total. The van der Waals surface area contributed by atoms with E-state index in [0.717, 1.165) is 4.57 Å². The lowest BCUT2D eigenvalue weighted by Crippen LogP contribution is -2.18. The second kappa shape index (κ2) is 5.73. The summed E-state index contributed by atoms with van der Waals surface area (Å²) < 4.78 is 77.8. The van der Waals surface area contributed by atoms with Gasteiger partial charge in [0.05, 0.1) is 17.7 Å². The normalized spacial score (nSPS) is 12.7. The Morgan fingerprint density at radius 2 is 1.80 bits per heavy atom. The van der Waals surface area contributed by atoms with Crippen LogP contribution in [-0.2, 0) is 17.5 Å². The van der Waals surface area contributed by atoms with Crippen molar-refractivity contribution >= 4 is 5.97 Å². The van der Waals surface area contributed by atoms with E-state index in [2.05, 4.69) is 4.74 Å². The minimum atomic E-state index is -4.86. The molecular formula is C10H9F6NO3. The van der Waals surface area contributed by atoms with Gasteiger partial charge in [-0.2, -0.15) is 26.3 Å². The van der Waals surface area contributed by atoms with Gasteiger partial charge in [-0.05, 0) is 0 Å². The highest BCUT2D eigenvalue weighted by Gasteiger charge is 2.37. The van der Waals surface area contributed by atoms with Crippen LogP contribution < -0.4 is 0 Å². The zero-order chi connectivity index (χ0) is 15.6. The Morgan fingerprint density at radius 1 is 1.20 bits per heavy atom. The number of rotatable bonds is 5. The molecule has 0 unspecified atom stereocenters. The van der Waals surface area contributed by atoms with Crippen molar-refractivity contribution in [2.45, 2.75) is 18.9 Å². The van der Waals surface area contributed by atoms with Crippen LogP contribution in [0.15, 0.2) is 12.4 Å². The van der Waals surface area contributed by atoms with E-state index in [9.17, 15) is 31.1 Å². The molecule has 0 amide bonds.